The molecule has 0 atom stereocenters. The van der Waals surface area contributed by atoms with Gasteiger partial charge in [-0.25, -0.2) is 0 Å². The highest BCUT2D eigenvalue weighted by atomic mass is 14.7. The van der Waals surface area contributed by atoms with Gasteiger partial charge in [0.1, 0.15) is 0 Å². The molecule has 0 spiro atoms. The van der Waals surface area contributed by atoms with Gasteiger partial charge in [-0.15, -0.1) is 0 Å². The van der Waals surface area contributed by atoms with Crippen LogP contribution in [0.15, 0.2) is 24.3 Å². The molecule has 1 aliphatic rings. The molecule has 1 heteroatoms. The molecule has 1 saturated carbocycles. The van der Waals surface area contributed by atoms with Crippen molar-refractivity contribution >= 4 is 0 Å². The van der Waals surface area contributed by atoms with Crippen molar-refractivity contribution in [3.05, 3.63) is 35.4 Å². The second kappa shape index (κ2) is 5.88. The molecule has 1 fully saturated rings. The van der Waals surface area contributed by atoms with Gasteiger partial charge in [0.25, 0.3) is 0 Å². The van der Waals surface area contributed by atoms with Crippen LogP contribution in [-0.4, -0.2) is 0 Å². The molecule has 100 valence electrons. The van der Waals surface area contributed by atoms with E-state index in [-0.39, 0.29) is 5.54 Å². The van der Waals surface area contributed by atoms with Crippen molar-refractivity contribution < 1.29 is 0 Å². The Bertz CT molecular complexity index is 358. The molecular formula is C17H27N. The predicted octanol–water partition coefficient (Wildman–Crippen LogP) is 4.39. The van der Waals surface area contributed by atoms with Gasteiger partial charge in [-0.3, -0.25) is 0 Å². The van der Waals surface area contributed by atoms with E-state index >= 15 is 0 Å². The second-order valence-corrected chi connectivity index (χ2v) is 5.94. The summed E-state index contributed by atoms with van der Waals surface area (Å²) in [5.74, 6) is 0.918. The zero-order valence-corrected chi connectivity index (χ0v) is 11.9. The van der Waals surface area contributed by atoms with Crippen molar-refractivity contribution in [2.45, 2.75) is 64.3 Å². The SMILES string of the molecule is CCCC1CCC(N)(c2ccc(CC)cc2)CC1. The third-order valence-corrected chi connectivity index (χ3v) is 4.63. The van der Waals surface area contributed by atoms with E-state index < -0.39 is 0 Å². The number of rotatable bonds is 4. The van der Waals surface area contributed by atoms with Gasteiger partial charge in [-0.05, 0) is 49.1 Å². The highest BCUT2D eigenvalue weighted by molar-refractivity contribution is 5.28. The van der Waals surface area contributed by atoms with Gasteiger partial charge in [0, 0.05) is 5.54 Å². The monoisotopic (exact) mass is 245 g/mol. The Balaban J connectivity index is 2.03. The van der Waals surface area contributed by atoms with Crippen molar-refractivity contribution in [2.24, 2.45) is 11.7 Å². The van der Waals surface area contributed by atoms with E-state index in [1.165, 1.54) is 36.8 Å². The lowest BCUT2D eigenvalue weighted by Gasteiger charge is -2.37. The third-order valence-electron chi connectivity index (χ3n) is 4.63. The summed E-state index contributed by atoms with van der Waals surface area (Å²) < 4.78 is 0. The molecule has 0 unspecified atom stereocenters. The third kappa shape index (κ3) is 2.95. The van der Waals surface area contributed by atoms with E-state index in [1.54, 1.807) is 0 Å². The van der Waals surface area contributed by atoms with Crippen LogP contribution < -0.4 is 5.73 Å². The van der Waals surface area contributed by atoms with Gasteiger partial charge >= 0.3 is 0 Å². The first-order valence-electron chi connectivity index (χ1n) is 7.56. The molecule has 1 aliphatic carbocycles. The van der Waals surface area contributed by atoms with Crippen LogP contribution in [0.5, 0.6) is 0 Å². The molecule has 0 aliphatic heterocycles. The highest BCUT2D eigenvalue weighted by Gasteiger charge is 2.32. The number of hydrogen-bond acceptors (Lipinski definition) is 1. The number of aryl methyl sites for hydroxylation is 1. The largest absolute Gasteiger partial charge is 0.321 e. The molecule has 0 bridgehead atoms. The molecule has 18 heavy (non-hydrogen) atoms. The van der Waals surface area contributed by atoms with Gasteiger partial charge in [-0.2, -0.15) is 0 Å². The standard InChI is InChI=1S/C17H27N/c1-3-5-15-10-12-17(18,13-11-15)16-8-6-14(4-2)7-9-16/h6-9,15H,3-5,10-13,18H2,1-2H3. The molecule has 0 heterocycles. The second-order valence-electron chi connectivity index (χ2n) is 5.94. The van der Waals surface area contributed by atoms with Crippen LogP contribution in [0.4, 0.5) is 0 Å². The Kier molecular flexibility index (Phi) is 4.45. The van der Waals surface area contributed by atoms with Crippen LogP contribution >= 0.6 is 0 Å². The normalized spacial score (nSPS) is 28.3. The van der Waals surface area contributed by atoms with Crippen LogP contribution in [0.25, 0.3) is 0 Å². The average molecular weight is 245 g/mol. The molecule has 1 aromatic carbocycles. The lowest BCUT2D eigenvalue weighted by atomic mass is 9.72. The first-order chi connectivity index (χ1) is 8.68. The van der Waals surface area contributed by atoms with Gasteiger partial charge in [-0.1, -0.05) is 51.0 Å². The molecule has 0 radical (unpaired) electrons. The minimum atomic E-state index is -0.0590. The minimum absolute atomic E-state index is 0.0590. The van der Waals surface area contributed by atoms with Crippen molar-refractivity contribution in [1.29, 1.82) is 0 Å². The van der Waals surface area contributed by atoms with Crippen molar-refractivity contribution in [3.63, 3.8) is 0 Å². The summed E-state index contributed by atoms with van der Waals surface area (Å²) in [5.41, 5.74) is 9.32. The summed E-state index contributed by atoms with van der Waals surface area (Å²) in [5, 5.41) is 0. The van der Waals surface area contributed by atoms with E-state index in [4.69, 9.17) is 5.73 Å². The Morgan fingerprint density at radius 2 is 1.72 bits per heavy atom. The number of hydrogen-bond donors (Lipinski definition) is 1. The maximum absolute atomic E-state index is 6.63. The van der Waals surface area contributed by atoms with Gasteiger partial charge in [0.15, 0.2) is 0 Å². The lowest BCUT2D eigenvalue weighted by molar-refractivity contribution is 0.226. The topological polar surface area (TPSA) is 26.0 Å². The van der Waals surface area contributed by atoms with Crippen molar-refractivity contribution in [2.75, 3.05) is 0 Å². The lowest BCUT2D eigenvalue weighted by Crippen LogP contribution is -2.40. The minimum Gasteiger partial charge on any atom is -0.321 e. The molecule has 1 nitrogen and oxygen atoms in total. The molecule has 2 N–H and O–H groups in total. The summed E-state index contributed by atoms with van der Waals surface area (Å²) in [7, 11) is 0. The Morgan fingerprint density at radius 1 is 1.11 bits per heavy atom. The van der Waals surface area contributed by atoms with E-state index in [2.05, 4.69) is 38.1 Å². The fourth-order valence-electron chi connectivity index (χ4n) is 3.25. The quantitative estimate of drug-likeness (QED) is 0.836. The molecular weight excluding hydrogens is 218 g/mol. The maximum atomic E-state index is 6.63. The summed E-state index contributed by atoms with van der Waals surface area (Å²) >= 11 is 0. The number of benzene rings is 1. The first kappa shape index (κ1) is 13.6. The van der Waals surface area contributed by atoms with E-state index in [0.717, 1.165) is 25.2 Å². The molecule has 2 rings (SSSR count). The van der Waals surface area contributed by atoms with Crippen molar-refractivity contribution in [1.82, 2.24) is 0 Å². The zero-order valence-electron chi connectivity index (χ0n) is 11.9. The van der Waals surface area contributed by atoms with E-state index in [1.807, 2.05) is 0 Å². The van der Waals surface area contributed by atoms with Gasteiger partial charge in [0.05, 0.1) is 0 Å². The number of nitrogens with two attached hydrogens (primary N) is 1. The average Bonchev–Trinajstić information content (AvgIpc) is 2.42. The van der Waals surface area contributed by atoms with Crippen LogP contribution in [0.1, 0.15) is 63.5 Å². The molecule has 0 aromatic heterocycles. The van der Waals surface area contributed by atoms with Gasteiger partial charge < -0.3 is 5.73 Å². The first-order valence-corrected chi connectivity index (χ1v) is 7.56. The summed E-state index contributed by atoms with van der Waals surface area (Å²) in [6.07, 6.45) is 8.72. The molecule has 0 amide bonds. The molecule has 0 saturated heterocycles. The summed E-state index contributed by atoms with van der Waals surface area (Å²) in [6, 6.07) is 8.97. The Labute approximate surface area is 112 Å². The van der Waals surface area contributed by atoms with Crippen LogP contribution in [0.2, 0.25) is 0 Å². The smallest absolute Gasteiger partial charge is 0.0409 e. The zero-order chi connectivity index (χ0) is 13.0. The van der Waals surface area contributed by atoms with E-state index in [9.17, 15) is 0 Å². The van der Waals surface area contributed by atoms with Crippen LogP contribution in [0.3, 0.4) is 0 Å². The molecule has 1 aromatic rings. The van der Waals surface area contributed by atoms with Gasteiger partial charge in [0.2, 0.25) is 0 Å². The fraction of sp³-hybridized carbons (Fsp3) is 0.647. The summed E-state index contributed by atoms with van der Waals surface area (Å²) in [6.45, 7) is 4.48. The van der Waals surface area contributed by atoms with E-state index in [0.29, 0.717) is 0 Å². The maximum Gasteiger partial charge on any atom is 0.0409 e. The Hall–Kier alpha value is -0.820. The Morgan fingerprint density at radius 3 is 2.22 bits per heavy atom. The van der Waals surface area contributed by atoms with Crippen molar-refractivity contribution in [3.8, 4) is 0 Å². The highest BCUT2D eigenvalue weighted by Crippen LogP contribution is 2.39. The fourth-order valence-corrected chi connectivity index (χ4v) is 3.25. The van der Waals surface area contributed by atoms with Crippen LogP contribution in [-0.2, 0) is 12.0 Å². The van der Waals surface area contributed by atoms with Crippen LogP contribution in [0, 0.1) is 5.92 Å². The summed E-state index contributed by atoms with van der Waals surface area (Å²) in [4.78, 5) is 0. The predicted molar refractivity (Wildman–Crippen MR) is 78.6 cm³/mol.